The number of hydrogen-bond acceptors (Lipinski definition) is 3. The van der Waals surface area contributed by atoms with Gasteiger partial charge in [0.1, 0.15) is 0 Å². The molecule has 1 amide bonds. The van der Waals surface area contributed by atoms with Crippen molar-refractivity contribution in [3.63, 3.8) is 0 Å². The van der Waals surface area contributed by atoms with Gasteiger partial charge in [-0.2, -0.15) is 0 Å². The van der Waals surface area contributed by atoms with E-state index in [1.807, 2.05) is 0 Å². The van der Waals surface area contributed by atoms with Crippen molar-refractivity contribution in [2.75, 3.05) is 19.3 Å². The van der Waals surface area contributed by atoms with Gasteiger partial charge in [-0.25, -0.2) is 21.5 Å². The van der Waals surface area contributed by atoms with Crippen LogP contribution in [0.15, 0.2) is 18.2 Å². The number of benzene rings is 1. The Morgan fingerprint density at radius 1 is 1.26 bits per heavy atom. The van der Waals surface area contributed by atoms with Crippen molar-refractivity contribution in [1.82, 2.24) is 9.62 Å². The molecule has 0 spiro atoms. The van der Waals surface area contributed by atoms with Gasteiger partial charge in [-0.1, -0.05) is 6.07 Å². The highest BCUT2D eigenvalue weighted by Crippen LogP contribution is 2.21. The molecule has 0 aromatic heterocycles. The summed E-state index contributed by atoms with van der Waals surface area (Å²) in [6.45, 7) is 2.32. The summed E-state index contributed by atoms with van der Waals surface area (Å²) in [6, 6.07) is 3.06. The molecule has 1 saturated heterocycles. The Kier molecular flexibility index (Phi) is 5.36. The van der Waals surface area contributed by atoms with Gasteiger partial charge in [0, 0.05) is 19.0 Å². The van der Waals surface area contributed by atoms with Gasteiger partial charge in [-0.05, 0) is 37.5 Å². The standard InChI is InChI=1S/C15H20F2N2O3S/c1-10(12-3-4-13(16)14(17)9-12)18-15(20)11-5-7-19(8-6-11)23(2,21)22/h3-4,9-11H,5-8H2,1-2H3,(H,18,20). The summed E-state index contributed by atoms with van der Waals surface area (Å²) in [5.41, 5.74) is 0.478. The highest BCUT2D eigenvalue weighted by molar-refractivity contribution is 7.88. The Bertz CT molecular complexity index is 686. The lowest BCUT2D eigenvalue weighted by molar-refractivity contribution is -0.126. The minimum Gasteiger partial charge on any atom is -0.349 e. The summed E-state index contributed by atoms with van der Waals surface area (Å²) in [7, 11) is -3.23. The molecule has 1 N–H and O–H groups in total. The average molecular weight is 346 g/mol. The summed E-state index contributed by atoms with van der Waals surface area (Å²) >= 11 is 0. The van der Waals surface area contributed by atoms with E-state index in [2.05, 4.69) is 5.32 Å². The molecule has 23 heavy (non-hydrogen) atoms. The molecule has 8 heteroatoms. The van der Waals surface area contributed by atoms with Crippen LogP contribution in [0.2, 0.25) is 0 Å². The molecule has 0 saturated carbocycles. The number of sulfonamides is 1. The van der Waals surface area contributed by atoms with Gasteiger partial charge in [0.2, 0.25) is 15.9 Å². The SMILES string of the molecule is CC(NC(=O)C1CCN(S(C)(=O)=O)CC1)c1ccc(F)c(F)c1. The largest absolute Gasteiger partial charge is 0.349 e. The summed E-state index contributed by atoms with van der Waals surface area (Å²) < 4.78 is 50.4. The zero-order valence-electron chi connectivity index (χ0n) is 13.1. The third kappa shape index (κ3) is 4.48. The minimum absolute atomic E-state index is 0.199. The van der Waals surface area contributed by atoms with Gasteiger partial charge in [-0.3, -0.25) is 4.79 Å². The molecular weight excluding hydrogens is 326 g/mol. The maximum atomic E-state index is 13.2. The van der Waals surface area contributed by atoms with Crippen molar-refractivity contribution in [2.24, 2.45) is 5.92 Å². The first-order valence-electron chi connectivity index (χ1n) is 7.39. The zero-order chi connectivity index (χ0) is 17.2. The maximum Gasteiger partial charge on any atom is 0.223 e. The molecule has 1 heterocycles. The van der Waals surface area contributed by atoms with Crippen LogP contribution >= 0.6 is 0 Å². The minimum atomic E-state index is -3.23. The Hall–Kier alpha value is -1.54. The number of nitrogens with one attached hydrogen (secondary N) is 1. The smallest absolute Gasteiger partial charge is 0.223 e. The fraction of sp³-hybridized carbons (Fsp3) is 0.533. The first kappa shape index (κ1) is 17.8. The van der Waals surface area contributed by atoms with E-state index in [9.17, 15) is 22.0 Å². The molecular formula is C15H20F2N2O3S. The highest BCUT2D eigenvalue weighted by Gasteiger charge is 2.29. The summed E-state index contributed by atoms with van der Waals surface area (Å²) in [5.74, 6) is -2.36. The van der Waals surface area contributed by atoms with E-state index in [1.165, 1.54) is 10.4 Å². The van der Waals surface area contributed by atoms with E-state index >= 15 is 0 Å². The van der Waals surface area contributed by atoms with Crippen LogP contribution in [0.5, 0.6) is 0 Å². The Morgan fingerprint density at radius 3 is 2.39 bits per heavy atom. The Balaban J connectivity index is 1.93. The first-order chi connectivity index (χ1) is 10.7. The topological polar surface area (TPSA) is 66.5 Å². The number of carbonyl (C=O) groups excluding carboxylic acids is 1. The quantitative estimate of drug-likeness (QED) is 0.904. The summed E-state index contributed by atoms with van der Waals surface area (Å²) in [4.78, 5) is 12.2. The maximum absolute atomic E-state index is 13.2. The number of carbonyl (C=O) groups is 1. The molecule has 1 aromatic carbocycles. The van der Waals surface area contributed by atoms with Crippen LogP contribution in [0.3, 0.4) is 0 Å². The second-order valence-electron chi connectivity index (χ2n) is 5.84. The molecule has 0 radical (unpaired) electrons. The van der Waals surface area contributed by atoms with Crippen molar-refractivity contribution < 1.29 is 22.0 Å². The fourth-order valence-corrected chi connectivity index (χ4v) is 3.52. The van der Waals surface area contributed by atoms with E-state index < -0.39 is 27.7 Å². The van der Waals surface area contributed by atoms with Crippen LogP contribution < -0.4 is 5.32 Å². The van der Waals surface area contributed by atoms with E-state index in [1.54, 1.807) is 6.92 Å². The van der Waals surface area contributed by atoms with E-state index in [-0.39, 0.29) is 11.8 Å². The van der Waals surface area contributed by atoms with Crippen LogP contribution in [0.25, 0.3) is 0 Å². The molecule has 128 valence electrons. The second-order valence-corrected chi connectivity index (χ2v) is 7.82. The number of amides is 1. The third-order valence-electron chi connectivity index (χ3n) is 4.10. The van der Waals surface area contributed by atoms with E-state index in [0.29, 0.717) is 31.5 Å². The van der Waals surface area contributed by atoms with Crippen LogP contribution in [0.1, 0.15) is 31.4 Å². The molecule has 0 bridgehead atoms. The normalized spacial score (nSPS) is 18.6. The monoisotopic (exact) mass is 346 g/mol. The van der Waals surface area contributed by atoms with Crippen LogP contribution in [-0.2, 0) is 14.8 Å². The summed E-state index contributed by atoms with van der Waals surface area (Å²) in [6.07, 6.45) is 2.05. The first-order valence-corrected chi connectivity index (χ1v) is 9.23. The van der Waals surface area contributed by atoms with Crippen molar-refractivity contribution in [3.05, 3.63) is 35.4 Å². The lowest BCUT2D eigenvalue weighted by Gasteiger charge is -2.30. The molecule has 0 aliphatic carbocycles. The molecule has 1 fully saturated rings. The lowest BCUT2D eigenvalue weighted by Crippen LogP contribution is -2.43. The van der Waals surface area contributed by atoms with Crippen LogP contribution in [0, 0.1) is 17.6 Å². The van der Waals surface area contributed by atoms with Gasteiger partial charge >= 0.3 is 0 Å². The van der Waals surface area contributed by atoms with Gasteiger partial charge < -0.3 is 5.32 Å². The number of halogens is 2. The van der Waals surface area contributed by atoms with Gasteiger partial charge in [0.15, 0.2) is 11.6 Å². The molecule has 1 aliphatic rings. The highest BCUT2D eigenvalue weighted by atomic mass is 32.2. The second kappa shape index (κ2) is 6.92. The number of piperidine rings is 1. The lowest BCUT2D eigenvalue weighted by atomic mass is 9.96. The average Bonchev–Trinajstić information content (AvgIpc) is 2.49. The van der Waals surface area contributed by atoms with Crippen molar-refractivity contribution in [2.45, 2.75) is 25.8 Å². The number of rotatable bonds is 4. The predicted octanol–water partition coefficient (Wildman–Crippen LogP) is 1.81. The Labute approximate surface area is 134 Å². The van der Waals surface area contributed by atoms with E-state index in [4.69, 9.17) is 0 Å². The molecule has 1 aliphatic heterocycles. The zero-order valence-corrected chi connectivity index (χ0v) is 13.9. The predicted molar refractivity (Wildman–Crippen MR) is 82.1 cm³/mol. The van der Waals surface area contributed by atoms with Gasteiger partial charge in [0.05, 0.1) is 12.3 Å². The van der Waals surface area contributed by atoms with Crippen molar-refractivity contribution >= 4 is 15.9 Å². The summed E-state index contributed by atoms with van der Waals surface area (Å²) in [5, 5.41) is 2.77. The molecule has 1 aromatic rings. The molecule has 1 unspecified atom stereocenters. The van der Waals surface area contributed by atoms with Gasteiger partial charge in [0.25, 0.3) is 0 Å². The molecule has 5 nitrogen and oxygen atoms in total. The molecule has 2 rings (SSSR count). The Morgan fingerprint density at radius 2 is 1.87 bits per heavy atom. The van der Waals surface area contributed by atoms with Crippen LogP contribution in [-0.4, -0.2) is 38.0 Å². The fourth-order valence-electron chi connectivity index (χ4n) is 2.65. The van der Waals surface area contributed by atoms with Crippen molar-refractivity contribution in [3.8, 4) is 0 Å². The van der Waals surface area contributed by atoms with Crippen LogP contribution in [0.4, 0.5) is 8.78 Å². The number of hydrogen-bond donors (Lipinski definition) is 1. The third-order valence-corrected chi connectivity index (χ3v) is 5.40. The van der Waals surface area contributed by atoms with Gasteiger partial charge in [-0.15, -0.1) is 0 Å². The van der Waals surface area contributed by atoms with E-state index in [0.717, 1.165) is 18.4 Å². The molecule has 1 atom stereocenters. The number of nitrogens with zero attached hydrogens (tertiary/aromatic N) is 1. The van der Waals surface area contributed by atoms with Crippen molar-refractivity contribution in [1.29, 1.82) is 0 Å².